The van der Waals surface area contributed by atoms with E-state index >= 15 is 0 Å². The molecule has 1 saturated heterocycles. The first-order valence-corrected chi connectivity index (χ1v) is 7.46. The summed E-state index contributed by atoms with van der Waals surface area (Å²) in [4.78, 5) is 16.4. The molecule has 1 aromatic rings. The third kappa shape index (κ3) is 3.87. The molecule has 1 aliphatic rings. The van der Waals surface area contributed by atoms with E-state index in [0.717, 1.165) is 31.7 Å². The van der Waals surface area contributed by atoms with Gasteiger partial charge in [0.25, 0.3) is 0 Å². The number of carbonyl (C=O) groups excluding carboxylic acids is 1. The third-order valence-electron chi connectivity index (χ3n) is 3.72. The van der Waals surface area contributed by atoms with Crippen LogP contribution < -0.4 is 5.32 Å². The molecule has 0 atom stereocenters. The molecule has 1 aliphatic heterocycles. The SMILES string of the molecule is CC(C)N1CCN(C(=O)NCc2ccccc2Cl)CC1. The Morgan fingerprint density at radius 1 is 1.25 bits per heavy atom. The van der Waals surface area contributed by atoms with Gasteiger partial charge in [-0.25, -0.2) is 4.79 Å². The summed E-state index contributed by atoms with van der Waals surface area (Å²) in [5.74, 6) is 0. The van der Waals surface area contributed by atoms with Gasteiger partial charge in [-0.15, -0.1) is 0 Å². The predicted octanol–water partition coefficient (Wildman–Crippen LogP) is 2.58. The fraction of sp³-hybridized carbons (Fsp3) is 0.533. The Morgan fingerprint density at radius 3 is 2.50 bits per heavy atom. The van der Waals surface area contributed by atoms with Crippen LogP contribution in [-0.4, -0.2) is 48.1 Å². The van der Waals surface area contributed by atoms with Gasteiger partial charge in [0.05, 0.1) is 0 Å². The van der Waals surface area contributed by atoms with E-state index in [4.69, 9.17) is 11.6 Å². The molecule has 0 saturated carbocycles. The summed E-state index contributed by atoms with van der Waals surface area (Å²) in [5.41, 5.74) is 0.948. The van der Waals surface area contributed by atoms with Crippen LogP contribution in [0.1, 0.15) is 19.4 Å². The zero-order valence-electron chi connectivity index (χ0n) is 12.1. The fourth-order valence-electron chi connectivity index (χ4n) is 2.37. The van der Waals surface area contributed by atoms with Crippen LogP contribution in [0, 0.1) is 0 Å². The number of amides is 2. The molecule has 4 nitrogen and oxygen atoms in total. The Kier molecular flexibility index (Phi) is 5.26. The number of nitrogens with zero attached hydrogens (tertiary/aromatic N) is 2. The van der Waals surface area contributed by atoms with Crippen LogP contribution in [0.3, 0.4) is 0 Å². The predicted molar refractivity (Wildman–Crippen MR) is 82.0 cm³/mol. The smallest absolute Gasteiger partial charge is 0.317 e. The Hall–Kier alpha value is -1.26. The van der Waals surface area contributed by atoms with Gasteiger partial charge in [0, 0.05) is 43.8 Å². The molecule has 0 aromatic heterocycles. The maximum atomic E-state index is 12.1. The molecule has 1 aromatic carbocycles. The minimum Gasteiger partial charge on any atom is -0.334 e. The topological polar surface area (TPSA) is 35.6 Å². The molecule has 2 amide bonds. The van der Waals surface area contributed by atoms with Gasteiger partial charge in [-0.3, -0.25) is 4.90 Å². The molecular weight excluding hydrogens is 274 g/mol. The van der Waals surface area contributed by atoms with Gasteiger partial charge in [-0.05, 0) is 25.5 Å². The summed E-state index contributed by atoms with van der Waals surface area (Å²) >= 11 is 6.08. The molecule has 0 unspecified atom stereocenters. The van der Waals surface area contributed by atoms with Gasteiger partial charge in [-0.1, -0.05) is 29.8 Å². The van der Waals surface area contributed by atoms with Gasteiger partial charge >= 0.3 is 6.03 Å². The third-order valence-corrected chi connectivity index (χ3v) is 4.09. The second-order valence-electron chi connectivity index (χ2n) is 5.37. The van der Waals surface area contributed by atoms with Gasteiger partial charge in [0.1, 0.15) is 0 Å². The number of hydrogen-bond acceptors (Lipinski definition) is 2. The van der Waals surface area contributed by atoms with Crippen molar-refractivity contribution in [2.45, 2.75) is 26.4 Å². The second kappa shape index (κ2) is 6.95. The maximum Gasteiger partial charge on any atom is 0.317 e. The van der Waals surface area contributed by atoms with Gasteiger partial charge < -0.3 is 10.2 Å². The quantitative estimate of drug-likeness (QED) is 0.930. The molecule has 1 fully saturated rings. The summed E-state index contributed by atoms with van der Waals surface area (Å²) in [7, 11) is 0. The van der Waals surface area contributed by atoms with E-state index in [-0.39, 0.29) is 6.03 Å². The van der Waals surface area contributed by atoms with Crippen molar-refractivity contribution < 1.29 is 4.79 Å². The van der Waals surface area contributed by atoms with Crippen LogP contribution in [0.15, 0.2) is 24.3 Å². The molecule has 1 N–H and O–H groups in total. The number of urea groups is 1. The first-order chi connectivity index (χ1) is 9.58. The molecule has 20 heavy (non-hydrogen) atoms. The first kappa shape index (κ1) is 15.1. The minimum absolute atomic E-state index is 0.00618. The number of hydrogen-bond donors (Lipinski definition) is 1. The molecule has 0 aliphatic carbocycles. The van der Waals surface area contributed by atoms with Crippen LogP contribution in [0.25, 0.3) is 0 Å². The van der Waals surface area contributed by atoms with Crippen LogP contribution in [0.4, 0.5) is 4.79 Å². The maximum absolute atomic E-state index is 12.1. The first-order valence-electron chi connectivity index (χ1n) is 7.08. The molecule has 0 bridgehead atoms. The van der Waals surface area contributed by atoms with Crippen LogP contribution in [0.5, 0.6) is 0 Å². The zero-order valence-corrected chi connectivity index (χ0v) is 12.9. The van der Waals surface area contributed by atoms with Crippen molar-refractivity contribution in [3.8, 4) is 0 Å². The standard InChI is InChI=1S/C15H22ClN3O/c1-12(2)18-7-9-19(10-8-18)15(20)17-11-13-5-3-4-6-14(13)16/h3-6,12H,7-11H2,1-2H3,(H,17,20). The largest absolute Gasteiger partial charge is 0.334 e. The normalized spacial score (nSPS) is 16.5. The lowest BCUT2D eigenvalue weighted by Gasteiger charge is -2.36. The molecule has 1 heterocycles. The van der Waals surface area contributed by atoms with E-state index in [1.54, 1.807) is 0 Å². The Labute approximate surface area is 125 Å². The van der Waals surface area contributed by atoms with Crippen molar-refractivity contribution in [1.82, 2.24) is 15.1 Å². The summed E-state index contributed by atoms with van der Waals surface area (Å²) in [6.07, 6.45) is 0. The number of benzene rings is 1. The highest BCUT2D eigenvalue weighted by molar-refractivity contribution is 6.31. The molecule has 5 heteroatoms. The molecule has 0 spiro atoms. The van der Waals surface area contributed by atoms with E-state index in [1.165, 1.54) is 0 Å². The van der Waals surface area contributed by atoms with Gasteiger partial charge in [0.15, 0.2) is 0 Å². The van der Waals surface area contributed by atoms with Gasteiger partial charge in [-0.2, -0.15) is 0 Å². The van der Waals surface area contributed by atoms with Crippen molar-refractivity contribution in [2.24, 2.45) is 0 Å². The van der Waals surface area contributed by atoms with Crippen molar-refractivity contribution >= 4 is 17.6 Å². The highest BCUT2D eigenvalue weighted by Gasteiger charge is 2.22. The van der Waals surface area contributed by atoms with E-state index in [2.05, 4.69) is 24.1 Å². The lowest BCUT2D eigenvalue weighted by molar-refractivity contribution is 0.119. The average Bonchev–Trinajstić information content (AvgIpc) is 2.46. The van der Waals surface area contributed by atoms with Crippen molar-refractivity contribution in [1.29, 1.82) is 0 Å². The molecular formula is C15H22ClN3O. The van der Waals surface area contributed by atoms with E-state index in [0.29, 0.717) is 17.6 Å². The number of nitrogens with one attached hydrogen (secondary N) is 1. The summed E-state index contributed by atoms with van der Waals surface area (Å²) in [6.45, 7) is 8.30. The average molecular weight is 296 g/mol. The molecule has 0 radical (unpaired) electrons. The highest BCUT2D eigenvalue weighted by atomic mass is 35.5. The Morgan fingerprint density at radius 2 is 1.90 bits per heavy atom. The van der Waals surface area contributed by atoms with Crippen LogP contribution in [-0.2, 0) is 6.54 Å². The number of halogens is 1. The molecule has 2 rings (SSSR count). The van der Waals surface area contributed by atoms with Crippen LogP contribution in [0.2, 0.25) is 5.02 Å². The summed E-state index contributed by atoms with van der Waals surface area (Å²) in [5, 5.41) is 3.63. The van der Waals surface area contributed by atoms with E-state index < -0.39 is 0 Å². The van der Waals surface area contributed by atoms with Crippen molar-refractivity contribution in [3.63, 3.8) is 0 Å². The van der Waals surface area contributed by atoms with Crippen molar-refractivity contribution in [2.75, 3.05) is 26.2 Å². The zero-order chi connectivity index (χ0) is 14.5. The number of rotatable bonds is 3. The van der Waals surface area contributed by atoms with E-state index in [1.807, 2.05) is 29.2 Å². The fourth-order valence-corrected chi connectivity index (χ4v) is 2.57. The summed E-state index contributed by atoms with van der Waals surface area (Å²) < 4.78 is 0. The van der Waals surface area contributed by atoms with Gasteiger partial charge in [0.2, 0.25) is 0 Å². The Bertz CT molecular complexity index is 456. The van der Waals surface area contributed by atoms with Crippen LogP contribution >= 0.6 is 11.6 Å². The Balaban J connectivity index is 1.80. The number of carbonyl (C=O) groups is 1. The van der Waals surface area contributed by atoms with E-state index in [9.17, 15) is 4.79 Å². The lowest BCUT2D eigenvalue weighted by atomic mass is 10.2. The molecule has 110 valence electrons. The number of piperazine rings is 1. The lowest BCUT2D eigenvalue weighted by Crippen LogP contribution is -2.53. The van der Waals surface area contributed by atoms with Crippen molar-refractivity contribution in [3.05, 3.63) is 34.9 Å². The minimum atomic E-state index is -0.00618. The monoisotopic (exact) mass is 295 g/mol. The highest BCUT2D eigenvalue weighted by Crippen LogP contribution is 2.14. The summed E-state index contributed by atoms with van der Waals surface area (Å²) in [6, 6.07) is 8.12. The second-order valence-corrected chi connectivity index (χ2v) is 5.77.